The number of imidazole rings is 1. The van der Waals surface area contributed by atoms with Crippen LogP contribution in [0.5, 0.6) is 11.5 Å². The highest BCUT2D eigenvalue weighted by molar-refractivity contribution is 9.10. The van der Waals surface area contributed by atoms with Gasteiger partial charge < -0.3 is 24.3 Å². The molecule has 8 nitrogen and oxygen atoms in total. The van der Waals surface area contributed by atoms with Crippen molar-refractivity contribution in [3.8, 4) is 22.9 Å². The highest BCUT2D eigenvalue weighted by Crippen LogP contribution is 2.47. The Morgan fingerprint density at radius 1 is 0.830 bits per heavy atom. The number of benzene rings is 5. The Morgan fingerprint density at radius 2 is 1.42 bits per heavy atom. The Balaban J connectivity index is 1.44. The summed E-state index contributed by atoms with van der Waals surface area (Å²) >= 11 is 3.88. The van der Waals surface area contributed by atoms with E-state index < -0.39 is 17.3 Å². The summed E-state index contributed by atoms with van der Waals surface area (Å²) in [5, 5.41) is 7.62. The molecule has 0 spiro atoms. The van der Waals surface area contributed by atoms with Gasteiger partial charge in [0.2, 0.25) is 11.7 Å². The van der Waals surface area contributed by atoms with Gasteiger partial charge in [-0.2, -0.15) is 4.98 Å². The minimum Gasteiger partial charge on any atom is -0.494 e. The number of aryl methyl sites for hydroxylation is 1. The predicted octanol–water partition coefficient (Wildman–Crippen LogP) is 10.4. The summed E-state index contributed by atoms with van der Waals surface area (Å²) < 4.78 is 34.5. The van der Waals surface area contributed by atoms with Gasteiger partial charge in [-0.1, -0.05) is 96.2 Å². The van der Waals surface area contributed by atoms with Crippen molar-refractivity contribution in [2.45, 2.75) is 45.3 Å². The first-order valence-electron chi connectivity index (χ1n) is 17.5. The van der Waals surface area contributed by atoms with Gasteiger partial charge in [0, 0.05) is 29.8 Å². The van der Waals surface area contributed by atoms with Crippen LogP contribution in [0.4, 0.5) is 10.1 Å². The Labute approximate surface area is 316 Å². The SMILES string of the molecule is CCOc1cc(OC(C)C)c(F)c(C(Nc2ccc(-c3noc(C)n3)cc2)c2nc(Br)c(C(c3ccccc3)(c3ccccc3)c3ccccc3)[nH]2)c1. The standard InChI is InChI=1S/C43H39BrFN5O3/c1-5-51-34-25-35(37(45)36(26-34)52-27(2)3)38(47-33-23-21-29(22-24-33)41-46-28(4)53-50-41)42-48-39(40(44)49-42)43(30-15-9-6-10-16-30,31-17-11-7-12-18-31)32-19-13-8-14-20-32/h6-27,38,47H,5H2,1-4H3,(H,48,49). The molecule has 2 N–H and O–H groups in total. The largest absolute Gasteiger partial charge is 0.494 e. The molecule has 1 atom stereocenters. The maximum atomic E-state index is 16.8. The van der Waals surface area contributed by atoms with E-state index in [1.165, 1.54) is 0 Å². The third kappa shape index (κ3) is 7.19. The van der Waals surface area contributed by atoms with Crippen LogP contribution in [0.2, 0.25) is 0 Å². The molecule has 0 radical (unpaired) electrons. The molecule has 5 aromatic carbocycles. The number of anilines is 1. The Hall–Kier alpha value is -5.74. The molecule has 2 aromatic heterocycles. The normalized spacial score (nSPS) is 12.1. The van der Waals surface area contributed by atoms with Gasteiger partial charge in [0.1, 0.15) is 22.2 Å². The van der Waals surface area contributed by atoms with Crippen LogP contribution >= 0.6 is 15.9 Å². The minimum absolute atomic E-state index is 0.0913. The van der Waals surface area contributed by atoms with Crippen LogP contribution in [-0.2, 0) is 5.41 Å². The van der Waals surface area contributed by atoms with Crippen molar-refractivity contribution in [3.05, 3.63) is 177 Å². The summed E-state index contributed by atoms with van der Waals surface area (Å²) in [5.74, 6) is 1.48. The molecule has 0 amide bonds. The van der Waals surface area contributed by atoms with E-state index in [1.807, 2.05) is 99.6 Å². The zero-order valence-electron chi connectivity index (χ0n) is 29.8. The molecule has 0 aliphatic carbocycles. The molecule has 0 saturated heterocycles. The fourth-order valence-electron chi connectivity index (χ4n) is 6.74. The van der Waals surface area contributed by atoms with E-state index >= 15 is 4.39 Å². The highest BCUT2D eigenvalue weighted by atomic mass is 79.9. The second-order valence-electron chi connectivity index (χ2n) is 12.9. The molecule has 1 unspecified atom stereocenters. The first kappa shape index (κ1) is 35.7. The molecule has 268 valence electrons. The first-order valence-corrected chi connectivity index (χ1v) is 18.3. The molecule has 0 fully saturated rings. The number of aromatic amines is 1. The highest BCUT2D eigenvalue weighted by Gasteiger charge is 2.42. The predicted molar refractivity (Wildman–Crippen MR) is 208 cm³/mol. The molecule has 7 aromatic rings. The third-order valence-electron chi connectivity index (χ3n) is 8.95. The van der Waals surface area contributed by atoms with E-state index in [0.717, 1.165) is 27.9 Å². The maximum absolute atomic E-state index is 16.8. The summed E-state index contributed by atoms with van der Waals surface area (Å²) in [6, 6.07) is 41.0. The third-order valence-corrected chi connectivity index (χ3v) is 9.53. The summed E-state index contributed by atoms with van der Waals surface area (Å²) in [5.41, 5.74) is 4.82. The van der Waals surface area contributed by atoms with Crippen LogP contribution in [0.25, 0.3) is 11.4 Å². The number of H-pyrrole nitrogens is 1. The van der Waals surface area contributed by atoms with Gasteiger partial charge >= 0.3 is 0 Å². The zero-order valence-corrected chi connectivity index (χ0v) is 31.4. The molecule has 0 aliphatic rings. The van der Waals surface area contributed by atoms with Crippen molar-refractivity contribution in [1.29, 1.82) is 0 Å². The lowest BCUT2D eigenvalue weighted by molar-refractivity contribution is 0.228. The topological polar surface area (TPSA) is 98.1 Å². The fourth-order valence-corrected chi connectivity index (χ4v) is 7.32. The molecule has 10 heteroatoms. The molecular weight excluding hydrogens is 733 g/mol. The smallest absolute Gasteiger partial charge is 0.223 e. The monoisotopic (exact) mass is 771 g/mol. The number of ether oxygens (including phenoxy) is 2. The summed E-state index contributed by atoms with van der Waals surface area (Å²) in [4.78, 5) is 13.2. The minimum atomic E-state index is -0.833. The van der Waals surface area contributed by atoms with Crippen LogP contribution in [0.3, 0.4) is 0 Å². The fraction of sp³-hybridized carbons (Fsp3) is 0.186. The van der Waals surface area contributed by atoms with Crippen LogP contribution in [-0.4, -0.2) is 32.8 Å². The van der Waals surface area contributed by atoms with E-state index in [2.05, 4.69) is 72.8 Å². The van der Waals surface area contributed by atoms with Crippen molar-refractivity contribution in [1.82, 2.24) is 20.1 Å². The lowest BCUT2D eigenvalue weighted by Crippen LogP contribution is -2.32. The van der Waals surface area contributed by atoms with Crippen LogP contribution in [0, 0.1) is 12.7 Å². The summed E-state index contributed by atoms with van der Waals surface area (Å²) in [6.45, 7) is 7.76. The quantitative estimate of drug-likeness (QED) is 0.113. The van der Waals surface area contributed by atoms with Crippen LogP contribution < -0.4 is 14.8 Å². The molecule has 7 rings (SSSR count). The van der Waals surface area contributed by atoms with E-state index in [9.17, 15) is 0 Å². The molecule has 53 heavy (non-hydrogen) atoms. The van der Waals surface area contributed by atoms with Crippen LogP contribution in [0.1, 0.15) is 66.5 Å². The Morgan fingerprint density at radius 3 is 1.92 bits per heavy atom. The van der Waals surface area contributed by atoms with Crippen molar-refractivity contribution in [3.63, 3.8) is 0 Å². The van der Waals surface area contributed by atoms with Crippen LogP contribution in [0.15, 0.2) is 137 Å². The second-order valence-corrected chi connectivity index (χ2v) is 13.6. The van der Waals surface area contributed by atoms with E-state index in [0.29, 0.717) is 45.7 Å². The molecular formula is C43H39BrFN5O3. The van der Waals surface area contributed by atoms with Crippen molar-refractivity contribution < 1.29 is 18.4 Å². The number of hydrogen-bond donors (Lipinski definition) is 2. The summed E-state index contributed by atoms with van der Waals surface area (Å²) in [7, 11) is 0. The van der Waals surface area contributed by atoms with Gasteiger partial charge in [-0.25, -0.2) is 9.37 Å². The van der Waals surface area contributed by atoms with Crippen molar-refractivity contribution in [2.75, 3.05) is 11.9 Å². The van der Waals surface area contributed by atoms with E-state index in [1.54, 1.807) is 19.1 Å². The van der Waals surface area contributed by atoms with Gasteiger partial charge in [-0.15, -0.1) is 0 Å². The van der Waals surface area contributed by atoms with Gasteiger partial charge in [0.25, 0.3) is 0 Å². The zero-order chi connectivity index (χ0) is 37.0. The molecule has 2 heterocycles. The number of rotatable bonds is 13. The van der Waals surface area contributed by atoms with Crippen molar-refractivity contribution >= 4 is 21.6 Å². The average molecular weight is 773 g/mol. The molecule has 0 bridgehead atoms. The average Bonchev–Trinajstić information content (AvgIpc) is 3.79. The van der Waals surface area contributed by atoms with E-state index in [-0.39, 0.29) is 11.9 Å². The molecule has 0 aliphatic heterocycles. The van der Waals surface area contributed by atoms with Gasteiger partial charge in [0.15, 0.2) is 11.6 Å². The Bertz CT molecular complexity index is 2180. The number of nitrogens with one attached hydrogen (secondary N) is 2. The maximum Gasteiger partial charge on any atom is 0.223 e. The van der Waals surface area contributed by atoms with E-state index in [4.69, 9.17) is 19.0 Å². The number of hydrogen-bond acceptors (Lipinski definition) is 7. The van der Waals surface area contributed by atoms with Gasteiger partial charge in [-0.3, -0.25) is 0 Å². The first-order chi connectivity index (χ1) is 25.8. The number of nitrogens with zero attached hydrogens (tertiary/aromatic N) is 3. The van der Waals surface area contributed by atoms with Gasteiger partial charge in [0.05, 0.1) is 23.8 Å². The van der Waals surface area contributed by atoms with Gasteiger partial charge in [-0.05, 0) is 83.7 Å². The lowest BCUT2D eigenvalue weighted by Gasteiger charge is -2.35. The lowest BCUT2D eigenvalue weighted by atomic mass is 9.67. The second kappa shape index (κ2) is 15.5. The molecule has 0 saturated carbocycles. The van der Waals surface area contributed by atoms with Crippen molar-refractivity contribution in [2.24, 2.45) is 0 Å². The Kier molecular flexibility index (Phi) is 10.4. The number of aromatic nitrogens is 4. The number of halogens is 2. The summed E-state index contributed by atoms with van der Waals surface area (Å²) in [6.07, 6.45) is -0.269.